The van der Waals surface area contributed by atoms with Crippen molar-refractivity contribution < 1.29 is 19.0 Å². The summed E-state index contributed by atoms with van der Waals surface area (Å²) in [7, 11) is 0. The number of halogens is 1. The molecule has 0 aromatic carbocycles. The van der Waals surface area contributed by atoms with Gasteiger partial charge in [-0.3, -0.25) is 0 Å². The number of pyridine rings is 1. The molecule has 1 saturated carbocycles. The van der Waals surface area contributed by atoms with Crippen molar-refractivity contribution >= 4 is 11.8 Å². The fraction of sp³-hybridized carbons (Fsp3) is 0.538. The van der Waals surface area contributed by atoms with Gasteiger partial charge < -0.3 is 15.2 Å². The summed E-state index contributed by atoms with van der Waals surface area (Å²) < 4.78 is 19.6. The van der Waals surface area contributed by atoms with Crippen LogP contribution in [0.1, 0.15) is 29.6 Å². The largest absolute Gasteiger partial charge is 0.478 e. The zero-order valence-electron chi connectivity index (χ0n) is 10.3. The van der Waals surface area contributed by atoms with Gasteiger partial charge in [-0.15, -0.1) is 0 Å². The van der Waals surface area contributed by atoms with Crippen LogP contribution in [0, 0.1) is 11.7 Å². The van der Waals surface area contributed by atoms with Crippen LogP contribution in [0.5, 0.6) is 0 Å². The van der Waals surface area contributed by atoms with Crippen LogP contribution >= 0.6 is 0 Å². The van der Waals surface area contributed by atoms with E-state index in [2.05, 4.69) is 10.3 Å². The Morgan fingerprint density at radius 3 is 2.95 bits per heavy atom. The molecule has 1 aromatic rings. The lowest BCUT2D eigenvalue weighted by Gasteiger charge is -2.20. The number of aromatic carboxylic acids is 1. The molecule has 0 amide bonds. The molecular formula is C13H15FN2O3. The molecule has 2 heterocycles. The molecule has 2 N–H and O–H groups in total. The van der Waals surface area contributed by atoms with E-state index in [-0.39, 0.29) is 23.5 Å². The second-order valence-corrected chi connectivity index (χ2v) is 5.04. The van der Waals surface area contributed by atoms with Crippen molar-refractivity contribution in [2.45, 2.75) is 31.4 Å². The van der Waals surface area contributed by atoms with Gasteiger partial charge in [0.05, 0.1) is 12.1 Å². The summed E-state index contributed by atoms with van der Waals surface area (Å²) in [5.41, 5.74) is -0.362. The van der Waals surface area contributed by atoms with Crippen molar-refractivity contribution in [2.75, 3.05) is 11.9 Å². The van der Waals surface area contributed by atoms with Gasteiger partial charge in [-0.1, -0.05) is 0 Å². The zero-order valence-corrected chi connectivity index (χ0v) is 10.3. The number of anilines is 1. The number of aromatic nitrogens is 1. The summed E-state index contributed by atoms with van der Waals surface area (Å²) >= 11 is 0. The third-order valence-corrected chi connectivity index (χ3v) is 3.66. The molecule has 0 spiro atoms. The minimum Gasteiger partial charge on any atom is -0.478 e. The lowest BCUT2D eigenvalue weighted by atomic mass is 10.1. The first-order chi connectivity index (χ1) is 9.16. The summed E-state index contributed by atoms with van der Waals surface area (Å²) in [4.78, 5) is 14.8. The molecule has 102 valence electrons. The van der Waals surface area contributed by atoms with Gasteiger partial charge in [-0.05, 0) is 31.2 Å². The Morgan fingerprint density at radius 2 is 2.26 bits per heavy atom. The minimum absolute atomic E-state index is 0.000972. The van der Waals surface area contributed by atoms with E-state index in [1.807, 2.05) is 0 Å². The van der Waals surface area contributed by atoms with Gasteiger partial charge in [0.1, 0.15) is 5.56 Å². The third-order valence-electron chi connectivity index (χ3n) is 3.66. The maximum atomic E-state index is 14.0. The summed E-state index contributed by atoms with van der Waals surface area (Å²) in [5, 5.41) is 11.9. The van der Waals surface area contributed by atoms with Crippen LogP contribution in [0.15, 0.2) is 12.3 Å². The lowest BCUT2D eigenvalue weighted by Crippen LogP contribution is -2.31. The Balaban J connectivity index is 1.79. The average Bonchev–Trinajstić information content (AvgIpc) is 3.12. The summed E-state index contributed by atoms with van der Waals surface area (Å²) in [6.45, 7) is 0.652. The number of carboxylic acid groups (broad SMARTS) is 1. The van der Waals surface area contributed by atoms with Gasteiger partial charge in [0.25, 0.3) is 0 Å². The Morgan fingerprint density at radius 1 is 1.47 bits per heavy atom. The van der Waals surface area contributed by atoms with Crippen LogP contribution in [0.4, 0.5) is 10.2 Å². The summed E-state index contributed by atoms with van der Waals surface area (Å²) in [6, 6.07) is 1.17. The van der Waals surface area contributed by atoms with Gasteiger partial charge in [0.15, 0.2) is 11.6 Å². The molecule has 2 fully saturated rings. The quantitative estimate of drug-likeness (QED) is 0.871. The molecule has 2 unspecified atom stereocenters. The van der Waals surface area contributed by atoms with E-state index in [1.54, 1.807) is 0 Å². The molecule has 6 heteroatoms. The van der Waals surface area contributed by atoms with Gasteiger partial charge in [0.2, 0.25) is 0 Å². The molecule has 1 aliphatic heterocycles. The van der Waals surface area contributed by atoms with Gasteiger partial charge in [-0.25, -0.2) is 14.2 Å². The molecule has 2 atom stereocenters. The van der Waals surface area contributed by atoms with E-state index >= 15 is 0 Å². The van der Waals surface area contributed by atoms with Crippen molar-refractivity contribution in [3.63, 3.8) is 0 Å². The van der Waals surface area contributed by atoms with Crippen molar-refractivity contribution in [3.8, 4) is 0 Å². The Bertz CT molecular complexity index is 505. The van der Waals surface area contributed by atoms with E-state index < -0.39 is 11.8 Å². The van der Waals surface area contributed by atoms with Crippen LogP contribution in [0.25, 0.3) is 0 Å². The minimum atomic E-state index is -1.29. The fourth-order valence-corrected chi connectivity index (χ4v) is 2.54. The van der Waals surface area contributed by atoms with E-state index in [0.717, 1.165) is 25.3 Å². The third kappa shape index (κ3) is 2.40. The number of rotatable bonds is 4. The lowest BCUT2D eigenvalue weighted by molar-refractivity contribution is 0.0692. The van der Waals surface area contributed by atoms with Crippen LogP contribution in [-0.4, -0.2) is 34.8 Å². The molecule has 19 heavy (non-hydrogen) atoms. The monoisotopic (exact) mass is 266 g/mol. The van der Waals surface area contributed by atoms with Crippen molar-refractivity contribution in [3.05, 3.63) is 23.6 Å². The molecule has 1 aromatic heterocycles. The normalized spacial score (nSPS) is 26.4. The molecule has 3 rings (SSSR count). The number of carbonyl (C=O) groups is 1. The van der Waals surface area contributed by atoms with E-state index in [1.165, 1.54) is 6.20 Å². The maximum absolute atomic E-state index is 14.0. The second kappa shape index (κ2) is 4.77. The summed E-state index contributed by atoms with van der Waals surface area (Å²) in [6.07, 6.45) is 4.48. The average molecular weight is 266 g/mol. The first-order valence-electron chi connectivity index (χ1n) is 6.42. The van der Waals surface area contributed by atoms with Gasteiger partial charge >= 0.3 is 5.97 Å². The first kappa shape index (κ1) is 12.3. The highest BCUT2D eigenvalue weighted by Gasteiger charge is 2.41. The fourth-order valence-electron chi connectivity index (χ4n) is 2.54. The Hall–Kier alpha value is -1.69. The topological polar surface area (TPSA) is 71.5 Å². The van der Waals surface area contributed by atoms with Gasteiger partial charge in [-0.2, -0.15) is 0 Å². The Labute approximate surface area is 109 Å². The number of hydrogen-bond donors (Lipinski definition) is 2. The zero-order chi connectivity index (χ0) is 13.4. The number of nitrogens with one attached hydrogen (secondary N) is 1. The van der Waals surface area contributed by atoms with E-state index in [4.69, 9.17) is 9.84 Å². The molecule has 0 radical (unpaired) electrons. The predicted molar refractivity (Wildman–Crippen MR) is 65.6 cm³/mol. The molecule has 5 nitrogen and oxygen atoms in total. The van der Waals surface area contributed by atoms with Crippen LogP contribution < -0.4 is 5.32 Å². The van der Waals surface area contributed by atoms with Crippen molar-refractivity contribution in [1.29, 1.82) is 0 Å². The van der Waals surface area contributed by atoms with Crippen molar-refractivity contribution in [1.82, 2.24) is 4.98 Å². The highest BCUT2D eigenvalue weighted by Crippen LogP contribution is 2.39. The van der Waals surface area contributed by atoms with Crippen LogP contribution in [-0.2, 0) is 4.74 Å². The Kier molecular flexibility index (Phi) is 3.10. The standard InChI is InChI=1S/C13H15FN2O3/c14-10-8(13(17)18)3-5-15-12(10)16-9-4-6-19-11(9)7-1-2-7/h3,5,7,9,11H,1-2,4,6H2,(H,15,16)(H,17,18). The smallest absolute Gasteiger partial charge is 0.338 e. The molecule has 1 saturated heterocycles. The second-order valence-electron chi connectivity index (χ2n) is 5.04. The highest BCUT2D eigenvalue weighted by molar-refractivity contribution is 5.88. The molecule has 0 bridgehead atoms. The summed E-state index contributed by atoms with van der Waals surface area (Å²) in [5.74, 6) is -1.55. The predicted octanol–water partition coefficient (Wildman–Crippen LogP) is 1.90. The number of nitrogens with zero attached hydrogens (tertiary/aromatic N) is 1. The molecule has 1 aliphatic carbocycles. The number of hydrogen-bond acceptors (Lipinski definition) is 4. The van der Waals surface area contributed by atoms with E-state index in [0.29, 0.717) is 12.5 Å². The molecular weight excluding hydrogens is 251 g/mol. The van der Waals surface area contributed by atoms with E-state index in [9.17, 15) is 9.18 Å². The molecule has 2 aliphatic rings. The maximum Gasteiger partial charge on any atom is 0.338 e. The first-order valence-corrected chi connectivity index (χ1v) is 6.42. The van der Waals surface area contributed by atoms with Crippen molar-refractivity contribution in [2.24, 2.45) is 5.92 Å². The number of carboxylic acids is 1. The SMILES string of the molecule is O=C(O)c1ccnc(NC2CCOC2C2CC2)c1F. The highest BCUT2D eigenvalue weighted by atomic mass is 19.1. The number of ether oxygens (including phenoxy) is 1. The van der Waals surface area contributed by atoms with Crippen LogP contribution in [0.3, 0.4) is 0 Å². The van der Waals surface area contributed by atoms with Gasteiger partial charge in [0, 0.05) is 12.8 Å². The van der Waals surface area contributed by atoms with Crippen LogP contribution in [0.2, 0.25) is 0 Å².